The third-order valence-electron chi connectivity index (χ3n) is 8.46. The van der Waals surface area contributed by atoms with Crippen LogP contribution in [0.2, 0.25) is 0 Å². The van der Waals surface area contributed by atoms with E-state index in [0.29, 0.717) is 13.1 Å². The largest absolute Gasteiger partial charge is 0.497 e. The van der Waals surface area contributed by atoms with Gasteiger partial charge in [-0.3, -0.25) is 9.69 Å². The number of rotatable bonds is 6. The molecule has 0 aliphatic carbocycles. The fraction of sp³-hybridized carbons (Fsp3) is 0.297. The molecule has 1 aliphatic heterocycles. The van der Waals surface area contributed by atoms with Crippen LogP contribution in [0.3, 0.4) is 0 Å². The van der Waals surface area contributed by atoms with Gasteiger partial charge in [0, 0.05) is 50.0 Å². The van der Waals surface area contributed by atoms with Crippen LogP contribution in [0.5, 0.6) is 5.75 Å². The van der Waals surface area contributed by atoms with Crippen LogP contribution >= 0.6 is 0 Å². The second kappa shape index (κ2) is 11.7. The molecule has 2 aromatic heterocycles. The normalized spacial score (nSPS) is 14.3. The minimum atomic E-state index is 0.0660. The minimum absolute atomic E-state index is 0.0660. The summed E-state index contributed by atoms with van der Waals surface area (Å²) in [5, 5.41) is 0. The lowest BCUT2D eigenvalue weighted by molar-refractivity contribution is 0.0627. The van der Waals surface area contributed by atoms with E-state index < -0.39 is 0 Å². The summed E-state index contributed by atoms with van der Waals surface area (Å²) < 4.78 is 7.65. The molecule has 0 N–H and O–H groups in total. The number of fused-ring (bicyclic) bond motifs is 1. The number of carbonyl (C=O) groups excluding carboxylic acids is 1. The van der Waals surface area contributed by atoms with Crippen molar-refractivity contribution in [3.63, 3.8) is 0 Å². The number of pyridine rings is 1. The van der Waals surface area contributed by atoms with Gasteiger partial charge >= 0.3 is 0 Å². The maximum Gasteiger partial charge on any atom is 0.253 e. The quantitative estimate of drug-likeness (QED) is 0.215. The van der Waals surface area contributed by atoms with E-state index in [1.165, 1.54) is 16.7 Å². The zero-order valence-electron chi connectivity index (χ0n) is 25.8. The number of hydrogen-bond acceptors (Lipinski definition) is 4. The Balaban J connectivity index is 1.26. The second-order valence-corrected chi connectivity index (χ2v) is 12.5. The zero-order valence-corrected chi connectivity index (χ0v) is 25.8. The van der Waals surface area contributed by atoms with Gasteiger partial charge in [0.1, 0.15) is 11.4 Å². The number of imidazole rings is 1. The van der Waals surface area contributed by atoms with Gasteiger partial charge in [-0.25, -0.2) is 4.98 Å². The van der Waals surface area contributed by atoms with Gasteiger partial charge in [-0.2, -0.15) is 0 Å². The van der Waals surface area contributed by atoms with Crippen LogP contribution in [0.4, 0.5) is 0 Å². The van der Waals surface area contributed by atoms with Crippen molar-refractivity contribution in [2.24, 2.45) is 0 Å². The summed E-state index contributed by atoms with van der Waals surface area (Å²) in [6.45, 7) is 12.4. The first kappa shape index (κ1) is 28.7. The number of nitrogens with zero attached hydrogens (tertiary/aromatic N) is 4. The van der Waals surface area contributed by atoms with Crippen LogP contribution in [0, 0.1) is 6.92 Å². The maximum atomic E-state index is 13.3. The lowest BCUT2D eigenvalue weighted by Crippen LogP contribution is -2.48. The Morgan fingerprint density at radius 1 is 0.837 bits per heavy atom. The number of amides is 1. The molecular formula is C37H40N4O2. The van der Waals surface area contributed by atoms with E-state index in [2.05, 4.69) is 104 Å². The van der Waals surface area contributed by atoms with Gasteiger partial charge in [-0.15, -0.1) is 0 Å². The fourth-order valence-corrected chi connectivity index (χ4v) is 5.84. The number of ether oxygens (including phenoxy) is 1. The molecule has 0 atom stereocenters. The monoisotopic (exact) mass is 572 g/mol. The Morgan fingerprint density at radius 2 is 1.53 bits per heavy atom. The van der Waals surface area contributed by atoms with Crippen LogP contribution in [-0.4, -0.2) is 58.4 Å². The molecule has 3 heterocycles. The van der Waals surface area contributed by atoms with Gasteiger partial charge in [-0.05, 0) is 77.6 Å². The standard InChI is InChI=1S/C37H40N4O2/c1-26-7-6-8-29(23-26)30-13-18-34-38-35(27-11-16-32(43-5)17-12-27)33(41(34)24-30)25-39-19-21-40(22-20-39)36(42)28-9-14-31(15-10-28)37(2,3)4/h6-18,23-24H,19-22,25H2,1-5H3. The number of aromatic nitrogens is 2. The van der Waals surface area contributed by atoms with E-state index >= 15 is 0 Å². The van der Waals surface area contributed by atoms with E-state index in [0.717, 1.165) is 59.1 Å². The van der Waals surface area contributed by atoms with Gasteiger partial charge in [0.15, 0.2) is 0 Å². The molecule has 0 spiro atoms. The number of piperazine rings is 1. The Bertz CT molecular complexity index is 1740. The summed E-state index contributed by atoms with van der Waals surface area (Å²) in [4.78, 5) is 22.8. The highest BCUT2D eigenvalue weighted by Gasteiger charge is 2.25. The predicted molar refractivity (Wildman–Crippen MR) is 174 cm³/mol. The minimum Gasteiger partial charge on any atom is -0.497 e. The summed E-state index contributed by atoms with van der Waals surface area (Å²) in [5.74, 6) is 0.932. The smallest absolute Gasteiger partial charge is 0.253 e. The third kappa shape index (κ3) is 6.06. The molecule has 0 saturated carbocycles. The van der Waals surface area contributed by atoms with E-state index in [1.54, 1.807) is 7.11 Å². The Labute approximate surface area is 254 Å². The summed E-state index contributed by atoms with van der Waals surface area (Å²) >= 11 is 0. The van der Waals surface area contributed by atoms with Gasteiger partial charge in [0.05, 0.1) is 18.5 Å². The van der Waals surface area contributed by atoms with Crippen LogP contribution in [-0.2, 0) is 12.0 Å². The number of hydrogen-bond donors (Lipinski definition) is 0. The number of benzene rings is 3. The molecular weight excluding hydrogens is 532 g/mol. The molecule has 3 aromatic carbocycles. The molecule has 0 unspecified atom stereocenters. The lowest BCUT2D eigenvalue weighted by atomic mass is 9.86. The third-order valence-corrected chi connectivity index (χ3v) is 8.46. The first-order valence-electron chi connectivity index (χ1n) is 15.0. The SMILES string of the molecule is COc1ccc(-c2nc3ccc(-c4cccc(C)c4)cn3c2CN2CCN(C(=O)c3ccc(C(C)(C)C)cc3)CC2)cc1. The van der Waals surface area contributed by atoms with Crippen molar-refractivity contribution in [3.05, 3.63) is 114 Å². The van der Waals surface area contributed by atoms with Gasteiger partial charge < -0.3 is 14.0 Å². The average molecular weight is 573 g/mol. The second-order valence-electron chi connectivity index (χ2n) is 12.5. The highest BCUT2D eigenvalue weighted by atomic mass is 16.5. The Hall–Kier alpha value is -4.42. The van der Waals surface area contributed by atoms with Gasteiger partial charge in [0.25, 0.3) is 5.91 Å². The van der Waals surface area contributed by atoms with E-state index in [4.69, 9.17) is 9.72 Å². The number of carbonyl (C=O) groups is 1. The van der Waals surface area contributed by atoms with Crippen molar-refractivity contribution in [2.75, 3.05) is 33.3 Å². The van der Waals surface area contributed by atoms with Crippen LogP contribution < -0.4 is 4.74 Å². The zero-order chi connectivity index (χ0) is 30.1. The van der Waals surface area contributed by atoms with E-state index in [9.17, 15) is 4.79 Å². The van der Waals surface area contributed by atoms with Gasteiger partial charge in [0.2, 0.25) is 0 Å². The van der Waals surface area contributed by atoms with E-state index in [1.807, 2.05) is 29.2 Å². The molecule has 220 valence electrons. The first-order chi connectivity index (χ1) is 20.7. The molecule has 1 fully saturated rings. The first-order valence-corrected chi connectivity index (χ1v) is 15.0. The van der Waals surface area contributed by atoms with Crippen molar-refractivity contribution >= 4 is 11.6 Å². The molecule has 5 aromatic rings. The maximum absolute atomic E-state index is 13.3. The van der Waals surface area contributed by atoms with E-state index in [-0.39, 0.29) is 11.3 Å². The highest BCUT2D eigenvalue weighted by molar-refractivity contribution is 5.94. The molecule has 0 bridgehead atoms. The van der Waals surface area contributed by atoms with Crippen LogP contribution in [0.15, 0.2) is 91.1 Å². The molecule has 1 aliphatic rings. The molecule has 6 nitrogen and oxygen atoms in total. The van der Waals surface area contributed by atoms with Crippen molar-refractivity contribution in [1.82, 2.24) is 19.2 Å². The van der Waals surface area contributed by atoms with Crippen molar-refractivity contribution < 1.29 is 9.53 Å². The molecule has 6 rings (SSSR count). The van der Waals surface area contributed by atoms with Crippen LogP contribution in [0.25, 0.3) is 28.0 Å². The summed E-state index contributed by atoms with van der Waals surface area (Å²) in [5.41, 5.74) is 9.74. The molecule has 1 saturated heterocycles. The molecule has 1 amide bonds. The highest BCUT2D eigenvalue weighted by Crippen LogP contribution is 2.30. The van der Waals surface area contributed by atoms with Crippen LogP contribution in [0.1, 0.15) is 48.0 Å². The summed E-state index contributed by atoms with van der Waals surface area (Å²) in [6, 6.07) is 29.1. The average Bonchev–Trinajstić information content (AvgIpc) is 3.38. The Kier molecular flexibility index (Phi) is 7.80. The van der Waals surface area contributed by atoms with Crippen molar-refractivity contribution in [1.29, 1.82) is 0 Å². The summed E-state index contributed by atoms with van der Waals surface area (Å²) in [7, 11) is 1.68. The fourth-order valence-electron chi connectivity index (χ4n) is 5.84. The Morgan fingerprint density at radius 3 is 2.19 bits per heavy atom. The summed E-state index contributed by atoms with van der Waals surface area (Å²) in [6.07, 6.45) is 2.21. The topological polar surface area (TPSA) is 50.1 Å². The number of aryl methyl sites for hydroxylation is 1. The van der Waals surface area contributed by atoms with Gasteiger partial charge in [-0.1, -0.05) is 62.7 Å². The van der Waals surface area contributed by atoms with Crippen molar-refractivity contribution in [2.45, 2.75) is 39.7 Å². The molecule has 43 heavy (non-hydrogen) atoms. The molecule has 6 heteroatoms. The molecule has 0 radical (unpaired) electrons. The predicted octanol–water partition coefficient (Wildman–Crippen LogP) is 7.24. The van der Waals surface area contributed by atoms with Crippen molar-refractivity contribution in [3.8, 4) is 28.1 Å². The number of methoxy groups -OCH3 is 1. The lowest BCUT2D eigenvalue weighted by Gasteiger charge is -2.35.